The van der Waals surface area contributed by atoms with Crippen LogP contribution in [0.1, 0.15) is 5.56 Å². The fraction of sp³-hybridized carbons (Fsp3) is 0. The van der Waals surface area contributed by atoms with Crippen molar-refractivity contribution in [2.75, 3.05) is 0 Å². The molecule has 1 aromatic carbocycles. The van der Waals surface area contributed by atoms with E-state index in [1.165, 1.54) is 0 Å². The van der Waals surface area contributed by atoms with E-state index >= 15 is 0 Å². The fourth-order valence-corrected chi connectivity index (χ4v) is 0.953. The zero-order valence-electron chi connectivity index (χ0n) is 5.44. The largest absolute Gasteiger partial charge is 0.204 e. The Balaban J connectivity index is 3.35. The first-order valence-corrected chi connectivity index (χ1v) is 3.37. The quantitative estimate of drug-likeness (QED) is 0.540. The molecule has 0 saturated heterocycles. The van der Waals surface area contributed by atoms with E-state index in [9.17, 15) is 8.78 Å². The lowest BCUT2D eigenvalue weighted by Crippen LogP contribution is -2.01. The lowest BCUT2D eigenvalue weighted by atomic mass is 10.2. The van der Waals surface area contributed by atoms with Crippen molar-refractivity contribution in [3.8, 4) is 6.07 Å². The summed E-state index contributed by atoms with van der Waals surface area (Å²) in [6.45, 7) is 0. The number of nitriles is 1. The van der Waals surface area contributed by atoms with Gasteiger partial charge in [-0.25, -0.2) is 8.78 Å². The molecule has 56 valence electrons. The van der Waals surface area contributed by atoms with Crippen LogP contribution in [0.4, 0.5) is 8.78 Å². The molecule has 4 heteroatoms. The molecule has 0 spiro atoms. The first-order valence-electron chi connectivity index (χ1n) is 2.79. The van der Waals surface area contributed by atoms with Crippen LogP contribution < -0.4 is 5.30 Å². The van der Waals surface area contributed by atoms with Crippen molar-refractivity contribution in [3.05, 3.63) is 29.3 Å². The van der Waals surface area contributed by atoms with Crippen LogP contribution in [0.3, 0.4) is 0 Å². The molecule has 0 fully saturated rings. The summed E-state index contributed by atoms with van der Waals surface area (Å²) >= 11 is 0. The summed E-state index contributed by atoms with van der Waals surface area (Å²) in [5, 5.41) is 8.75. The Labute approximate surface area is 64.8 Å². The number of benzene rings is 1. The second-order valence-corrected chi connectivity index (χ2v) is 2.59. The third-order valence-electron chi connectivity index (χ3n) is 1.21. The first-order chi connectivity index (χ1) is 5.15. The minimum Gasteiger partial charge on any atom is -0.204 e. The molecule has 1 aromatic rings. The van der Waals surface area contributed by atoms with Crippen molar-refractivity contribution < 1.29 is 8.78 Å². The van der Waals surface area contributed by atoms with E-state index in [0.29, 0.717) is 5.30 Å². The highest BCUT2D eigenvalue weighted by atomic mass is 31.0. The second-order valence-electron chi connectivity index (χ2n) is 1.97. The molecule has 0 amide bonds. The molecule has 0 aliphatic rings. The lowest BCUT2D eigenvalue weighted by molar-refractivity contribution is 0.509. The topological polar surface area (TPSA) is 23.8 Å². The van der Waals surface area contributed by atoms with Crippen molar-refractivity contribution in [1.29, 1.82) is 5.26 Å². The van der Waals surface area contributed by atoms with Crippen LogP contribution in [0.25, 0.3) is 0 Å². The van der Waals surface area contributed by atoms with Crippen molar-refractivity contribution in [2.24, 2.45) is 0 Å². The summed E-state index contributed by atoms with van der Waals surface area (Å²) in [5.41, 5.74) is 0.133. The molecule has 0 heterocycles. The van der Waals surface area contributed by atoms with E-state index in [4.69, 9.17) is 5.26 Å². The van der Waals surface area contributed by atoms with Crippen molar-refractivity contribution in [1.82, 2.24) is 0 Å². The maximum atomic E-state index is 12.4. The van der Waals surface area contributed by atoms with E-state index in [1.807, 2.05) is 0 Å². The molecule has 11 heavy (non-hydrogen) atoms. The Morgan fingerprint density at radius 1 is 1.27 bits per heavy atom. The molecule has 1 nitrogen and oxygen atoms in total. The third kappa shape index (κ3) is 1.53. The molecule has 1 unspecified atom stereocenters. The van der Waals surface area contributed by atoms with Crippen LogP contribution in [-0.2, 0) is 0 Å². The molecule has 0 aliphatic heterocycles. The van der Waals surface area contributed by atoms with Gasteiger partial charge in [0.2, 0.25) is 0 Å². The lowest BCUT2D eigenvalue weighted by Gasteiger charge is -1.96. The predicted octanol–water partition coefficient (Wildman–Crippen LogP) is 1.34. The minimum atomic E-state index is -0.993. The maximum Gasteiger partial charge on any atom is 0.160 e. The van der Waals surface area contributed by atoms with E-state index in [0.717, 1.165) is 12.1 Å². The van der Waals surface area contributed by atoms with Gasteiger partial charge in [-0.15, -0.1) is 9.24 Å². The number of hydrogen-bond donors (Lipinski definition) is 0. The average Bonchev–Trinajstić information content (AvgIpc) is 1.97. The zero-order chi connectivity index (χ0) is 8.43. The van der Waals surface area contributed by atoms with Crippen molar-refractivity contribution in [3.63, 3.8) is 0 Å². The van der Waals surface area contributed by atoms with Gasteiger partial charge in [-0.2, -0.15) is 5.26 Å². The SMILES string of the molecule is N#Cc1cc(F)c(F)cc1P. The highest BCUT2D eigenvalue weighted by Gasteiger charge is 2.05. The van der Waals surface area contributed by atoms with Crippen LogP contribution >= 0.6 is 9.24 Å². The van der Waals surface area contributed by atoms with E-state index < -0.39 is 11.6 Å². The van der Waals surface area contributed by atoms with E-state index in [2.05, 4.69) is 9.24 Å². The van der Waals surface area contributed by atoms with Gasteiger partial charge < -0.3 is 0 Å². The number of rotatable bonds is 0. The Morgan fingerprint density at radius 2 is 1.82 bits per heavy atom. The van der Waals surface area contributed by atoms with Crippen LogP contribution in [0, 0.1) is 23.0 Å². The highest BCUT2D eigenvalue weighted by Crippen LogP contribution is 2.07. The molecule has 0 radical (unpaired) electrons. The molecule has 1 rings (SSSR count). The van der Waals surface area contributed by atoms with Gasteiger partial charge in [-0.1, -0.05) is 0 Å². The predicted molar refractivity (Wildman–Crippen MR) is 40.4 cm³/mol. The zero-order valence-corrected chi connectivity index (χ0v) is 6.59. The molecule has 0 saturated carbocycles. The Morgan fingerprint density at radius 3 is 2.36 bits per heavy atom. The van der Waals surface area contributed by atoms with E-state index in [-0.39, 0.29) is 5.56 Å². The molecule has 0 bridgehead atoms. The molecular formula is C7H4F2NP. The second kappa shape index (κ2) is 2.94. The summed E-state index contributed by atoms with van der Waals surface area (Å²) in [4.78, 5) is 0. The summed E-state index contributed by atoms with van der Waals surface area (Å²) < 4.78 is 24.8. The van der Waals surface area contributed by atoms with Gasteiger partial charge >= 0.3 is 0 Å². The van der Waals surface area contributed by atoms with Crippen LogP contribution in [0.15, 0.2) is 12.1 Å². The number of nitrogens with zero attached hydrogens (tertiary/aromatic N) is 1. The van der Waals surface area contributed by atoms with Gasteiger partial charge in [-0.05, 0) is 17.4 Å². The minimum absolute atomic E-state index is 0.133. The van der Waals surface area contributed by atoms with Gasteiger partial charge in [0.05, 0.1) is 11.6 Å². The smallest absolute Gasteiger partial charge is 0.160 e. The van der Waals surface area contributed by atoms with Crippen molar-refractivity contribution >= 4 is 14.5 Å². The van der Waals surface area contributed by atoms with Gasteiger partial charge in [0.25, 0.3) is 0 Å². The molecule has 0 N–H and O–H groups in total. The average molecular weight is 171 g/mol. The Bertz CT molecular complexity index is 330. The van der Waals surface area contributed by atoms with Gasteiger partial charge in [0.15, 0.2) is 11.6 Å². The van der Waals surface area contributed by atoms with Crippen LogP contribution in [-0.4, -0.2) is 0 Å². The molecule has 1 atom stereocenters. The third-order valence-corrected chi connectivity index (χ3v) is 1.69. The number of hydrogen-bond acceptors (Lipinski definition) is 1. The monoisotopic (exact) mass is 171 g/mol. The van der Waals surface area contributed by atoms with E-state index in [1.54, 1.807) is 6.07 Å². The molecule has 0 aromatic heterocycles. The first kappa shape index (κ1) is 8.10. The van der Waals surface area contributed by atoms with Crippen molar-refractivity contribution in [2.45, 2.75) is 0 Å². The van der Waals surface area contributed by atoms with Gasteiger partial charge in [-0.3, -0.25) is 0 Å². The summed E-state index contributed by atoms with van der Waals surface area (Å²) in [6.07, 6.45) is 0. The number of halogens is 2. The van der Waals surface area contributed by atoms with Gasteiger partial charge in [0, 0.05) is 0 Å². The fourth-order valence-electron chi connectivity index (χ4n) is 0.659. The summed E-state index contributed by atoms with van der Waals surface area (Å²) in [7, 11) is 2.16. The molecular weight excluding hydrogens is 167 g/mol. The highest BCUT2D eigenvalue weighted by molar-refractivity contribution is 7.27. The maximum absolute atomic E-state index is 12.4. The standard InChI is InChI=1S/C7H4F2NP/c8-5-1-4(3-10)7(11)2-6(5)9/h1-2H,11H2. The normalized spacial score (nSPS) is 9.27. The summed E-state index contributed by atoms with van der Waals surface area (Å²) in [5.74, 6) is -1.93. The summed E-state index contributed by atoms with van der Waals surface area (Å²) in [6, 6.07) is 3.58. The molecule has 0 aliphatic carbocycles. The Hall–Kier alpha value is -1.00. The van der Waals surface area contributed by atoms with Crippen LogP contribution in [0.2, 0.25) is 0 Å². The van der Waals surface area contributed by atoms with Gasteiger partial charge in [0.1, 0.15) is 0 Å². The Kier molecular flexibility index (Phi) is 2.16. The van der Waals surface area contributed by atoms with Crippen LogP contribution in [0.5, 0.6) is 0 Å².